The molecule has 0 aliphatic carbocycles. The van der Waals surface area contributed by atoms with Gasteiger partial charge in [-0.2, -0.15) is 27.8 Å². The number of hydrogen-bond donors (Lipinski definition) is 0. The fourth-order valence-corrected chi connectivity index (χ4v) is 3.50. The van der Waals surface area contributed by atoms with Crippen molar-refractivity contribution in [1.29, 1.82) is 0 Å². The molecule has 1 aliphatic rings. The molecule has 0 bridgehead atoms. The molecular formula is C17H19F3N8. The van der Waals surface area contributed by atoms with Gasteiger partial charge in [0.15, 0.2) is 0 Å². The molecule has 28 heavy (non-hydrogen) atoms. The molecule has 11 heteroatoms. The second-order valence-electron chi connectivity index (χ2n) is 6.84. The lowest BCUT2D eigenvalue weighted by atomic mass is 10.0. The lowest BCUT2D eigenvalue weighted by Crippen LogP contribution is -2.47. The van der Waals surface area contributed by atoms with Crippen molar-refractivity contribution in [1.82, 2.24) is 29.5 Å². The molecule has 0 amide bonds. The van der Waals surface area contributed by atoms with Crippen LogP contribution in [0.25, 0.3) is 5.78 Å². The maximum atomic E-state index is 13.0. The number of aryl methyl sites for hydroxylation is 1. The number of fused-ring (bicyclic) bond motifs is 1. The molecule has 0 N–H and O–H groups in total. The van der Waals surface area contributed by atoms with Gasteiger partial charge in [-0.15, -0.1) is 0 Å². The van der Waals surface area contributed by atoms with Gasteiger partial charge in [-0.3, -0.25) is 0 Å². The van der Waals surface area contributed by atoms with E-state index in [0.717, 1.165) is 43.3 Å². The van der Waals surface area contributed by atoms with Gasteiger partial charge in [-0.05, 0) is 19.8 Å². The smallest absolute Gasteiger partial charge is 0.355 e. The Morgan fingerprint density at radius 3 is 2.75 bits per heavy atom. The molecule has 0 spiro atoms. The minimum atomic E-state index is -4.50. The summed E-state index contributed by atoms with van der Waals surface area (Å²) in [5, 5.41) is 4.24. The van der Waals surface area contributed by atoms with E-state index in [1.54, 1.807) is 16.5 Å². The first kappa shape index (κ1) is 18.4. The van der Waals surface area contributed by atoms with Crippen LogP contribution in [0.5, 0.6) is 0 Å². The van der Waals surface area contributed by atoms with Gasteiger partial charge in [0.2, 0.25) is 0 Å². The molecule has 4 heterocycles. The monoisotopic (exact) mass is 392 g/mol. The minimum Gasteiger partial charge on any atom is -0.355 e. The molecule has 1 saturated heterocycles. The fraction of sp³-hybridized carbons (Fsp3) is 0.471. The first-order valence-electron chi connectivity index (χ1n) is 8.87. The van der Waals surface area contributed by atoms with Gasteiger partial charge in [0, 0.05) is 44.0 Å². The van der Waals surface area contributed by atoms with Crippen molar-refractivity contribution in [3.63, 3.8) is 0 Å². The second-order valence-corrected chi connectivity index (χ2v) is 6.84. The molecule has 148 valence electrons. The zero-order valence-electron chi connectivity index (χ0n) is 15.4. The average Bonchev–Trinajstić information content (AvgIpc) is 3.14. The summed E-state index contributed by atoms with van der Waals surface area (Å²) < 4.78 is 40.6. The Bertz CT molecular complexity index is 986. The summed E-state index contributed by atoms with van der Waals surface area (Å²) in [6, 6.07) is 2.93. The van der Waals surface area contributed by atoms with E-state index in [-0.39, 0.29) is 11.9 Å². The Morgan fingerprint density at radius 2 is 1.96 bits per heavy atom. The number of anilines is 2. The summed E-state index contributed by atoms with van der Waals surface area (Å²) in [6.07, 6.45) is -0.337. The molecule has 3 aromatic rings. The molecule has 8 nitrogen and oxygen atoms in total. The second kappa shape index (κ2) is 6.88. The Kier molecular flexibility index (Phi) is 4.52. The van der Waals surface area contributed by atoms with Crippen molar-refractivity contribution in [2.75, 3.05) is 29.9 Å². The van der Waals surface area contributed by atoms with Crippen LogP contribution in [0.3, 0.4) is 0 Å². The van der Waals surface area contributed by atoms with E-state index in [9.17, 15) is 13.2 Å². The summed E-state index contributed by atoms with van der Waals surface area (Å²) >= 11 is 0. The Morgan fingerprint density at radius 1 is 1.14 bits per heavy atom. The normalized spacial score (nSPS) is 17.9. The van der Waals surface area contributed by atoms with Crippen LogP contribution in [0.1, 0.15) is 24.2 Å². The van der Waals surface area contributed by atoms with E-state index in [2.05, 4.69) is 29.9 Å². The highest BCUT2D eigenvalue weighted by molar-refractivity contribution is 5.49. The van der Waals surface area contributed by atoms with Gasteiger partial charge in [0.05, 0.1) is 0 Å². The molecule has 1 unspecified atom stereocenters. The number of hydrogen-bond acceptors (Lipinski definition) is 7. The lowest BCUT2D eigenvalue weighted by Gasteiger charge is -2.39. The van der Waals surface area contributed by atoms with Crippen molar-refractivity contribution >= 4 is 17.4 Å². The number of alkyl halides is 3. The average molecular weight is 392 g/mol. The first-order chi connectivity index (χ1) is 13.3. The molecule has 0 aromatic carbocycles. The van der Waals surface area contributed by atoms with Crippen molar-refractivity contribution in [3.05, 3.63) is 36.2 Å². The highest BCUT2D eigenvalue weighted by Gasteiger charge is 2.34. The van der Waals surface area contributed by atoms with Crippen molar-refractivity contribution in [2.24, 2.45) is 0 Å². The third-order valence-corrected chi connectivity index (χ3v) is 4.93. The van der Waals surface area contributed by atoms with E-state index in [0.29, 0.717) is 12.3 Å². The van der Waals surface area contributed by atoms with E-state index < -0.39 is 11.9 Å². The van der Waals surface area contributed by atoms with Crippen molar-refractivity contribution < 1.29 is 13.2 Å². The van der Waals surface area contributed by atoms with Gasteiger partial charge in [0.1, 0.15) is 30.0 Å². The minimum absolute atomic E-state index is 0.00298. The van der Waals surface area contributed by atoms with Crippen LogP contribution in [0.4, 0.5) is 24.8 Å². The molecule has 1 fully saturated rings. The van der Waals surface area contributed by atoms with E-state index in [1.807, 2.05) is 13.0 Å². The Labute approximate surface area is 159 Å². The number of likely N-dealkylation sites (N-methyl/N-ethyl adjacent to an activating group) is 1. The molecule has 4 rings (SSSR count). The van der Waals surface area contributed by atoms with Crippen LogP contribution in [0.15, 0.2) is 24.8 Å². The van der Waals surface area contributed by atoms with E-state index in [1.165, 1.54) is 6.33 Å². The van der Waals surface area contributed by atoms with Gasteiger partial charge in [-0.1, -0.05) is 0 Å². The maximum absolute atomic E-state index is 13.0. The first-order valence-corrected chi connectivity index (χ1v) is 8.87. The molecular weight excluding hydrogens is 373 g/mol. The highest BCUT2D eigenvalue weighted by Crippen LogP contribution is 2.30. The summed E-state index contributed by atoms with van der Waals surface area (Å²) in [5.41, 5.74) is -0.109. The molecule has 0 saturated carbocycles. The summed E-state index contributed by atoms with van der Waals surface area (Å²) in [4.78, 5) is 19.8. The Balaban J connectivity index is 1.59. The third kappa shape index (κ3) is 3.43. The zero-order chi connectivity index (χ0) is 19.9. The summed E-state index contributed by atoms with van der Waals surface area (Å²) in [7, 11) is 1.76. The van der Waals surface area contributed by atoms with Gasteiger partial charge in [0.25, 0.3) is 5.78 Å². The molecule has 1 atom stereocenters. The predicted molar refractivity (Wildman–Crippen MR) is 96.2 cm³/mol. The largest absolute Gasteiger partial charge is 0.433 e. The van der Waals surface area contributed by atoms with Gasteiger partial charge >= 0.3 is 6.18 Å². The number of aromatic nitrogens is 6. The number of nitrogens with zero attached hydrogens (tertiary/aromatic N) is 8. The van der Waals surface area contributed by atoms with Crippen LogP contribution in [0.2, 0.25) is 0 Å². The topological polar surface area (TPSA) is 75.3 Å². The molecule has 0 radical (unpaired) electrons. The lowest BCUT2D eigenvalue weighted by molar-refractivity contribution is -0.141. The van der Waals surface area contributed by atoms with Crippen LogP contribution < -0.4 is 9.80 Å². The zero-order valence-corrected chi connectivity index (χ0v) is 15.4. The van der Waals surface area contributed by atoms with Crippen LogP contribution in [-0.4, -0.2) is 55.7 Å². The van der Waals surface area contributed by atoms with Gasteiger partial charge < -0.3 is 9.80 Å². The summed E-state index contributed by atoms with van der Waals surface area (Å²) in [6.45, 7) is 3.34. The van der Waals surface area contributed by atoms with E-state index in [4.69, 9.17) is 0 Å². The third-order valence-electron chi connectivity index (χ3n) is 4.93. The van der Waals surface area contributed by atoms with Crippen LogP contribution >= 0.6 is 0 Å². The standard InChI is InChI=1S/C17H19F3N8/c1-11-6-15(28-16(25-11)23-10-24-28)27-5-3-4-12(8-27)26(2)14-7-13(17(18,19)20)21-9-22-14/h6-7,9-10,12H,3-5,8H2,1-2H3. The number of rotatable bonds is 3. The van der Waals surface area contributed by atoms with Crippen molar-refractivity contribution in [2.45, 2.75) is 32.0 Å². The number of piperidine rings is 1. The van der Waals surface area contributed by atoms with Gasteiger partial charge in [-0.25, -0.2) is 15.0 Å². The molecule has 3 aromatic heterocycles. The SMILES string of the molecule is Cc1cc(N2CCCC(N(C)c3cc(C(F)(F)F)ncn3)C2)n2ncnc2n1. The van der Waals surface area contributed by atoms with Crippen LogP contribution in [0, 0.1) is 6.92 Å². The Hall–Kier alpha value is -2.98. The summed E-state index contributed by atoms with van der Waals surface area (Å²) in [5.74, 6) is 1.65. The number of halogens is 3. The van der Waals surface area contributed by atoms with Crippen LogP contribution in [-0.2, 0) is 6.18 Å². The quantitative estimate of drug-likeness (QED) is 0.677. The highest BCUT2D eigenvalue weighted by atomic mass is 19.4. The molecule has 1 aliphatic heterocycles. The van der Waals surface area contributed by atoms with E-state index >= 15 is 0 Å². The van der Waals surface area contributed by atoms with Crippen molar-refractivity contribution in [3.8, 4) is 0 Å². The maximum Gasteiger partial charge on any atom is 0.433 e. The fourth-order valence-electron chi connectivity index (χ4n) is 3.50. The predicted octanol–water partition coefficient (Wildman–Crippen LogP) is 2.35.